The smallest absolute Gasteiger partial charge is 0.300 e. The van der Waals surface area contributed by atoms with Gasteiger partial charge in [-0.05, 0) is 43.9 Å². The second kappa shape index (κ2) is 6.94. The van der Waals surface area contributed by atoms with Gasteiger partial charge in [0.2, 0.25) is 0 Å². The second-order valence-corrected chi connectivity index (χ2v) is 7.71. The van der Waals surface area contributed by atoms with E-state index < -0.39 is 0 Å². The van der Waals surface area contributed by atoms with Gasteiger partial charge in [0.15, 0.2) is 10.5 Å². The number of nitrogens with zero attached hydrogens (tertiary/aromatic N) is 4. The molecule has 0 saturated heterocycles. The lowest BCUT2D eigenvalue weighted by molar-refractivity contribution is 0.0992. The SMILES string of the molecule is CSCCn1c(=NC(=O)c2cc(C)n(C)n2)sc2cc(C)ccc21. The summed E-state index contributed by atoms with van der Waals surface area (Å²) in [5.74, 6) is 0.684. The first-order valence-electron chi connectivity index (χ1n) is 7.68. The number of rotatable bonds is 4. The van der Waals surface area contributed by atoms with Crippen LogP contribution in [0.3, 0.4) is 0 Å². The molecule has 3 aromatic rings. The van der Waals surface area contributed by atoms with Gasteiger partial charge in [-0.25, -0.2) is 0 Å². The number of hydrogen-bond acceptors (Lipinski definition) is 4. The minimum Gasteiger partial charge on any atom is -0.316 e. The maximum atomic E-state index is 12.5. The van der Waals surface area contributed by atoms with Crippen LogP contribution < -0.4 is 4.80 Å². The summed E-state index contributed by atoms with van der Waals surface area (Å²) in [6.07, 6.45) is 2.08. The average Bonchev–Trinajstić information content (AvgIpc) is 3.05. The summed E-state index contributed by atoms with van der Waals surface area (Å²) < 4.78 is 4.97. The molecule has 0 N–H and O–H groups in total. The van der Waals surface area contributed by atoms with Crippen molar-refractivity contribution < 1.29 is 4.79 Å². The second-order valence-electron chi connectivity index (χ2n) is 5.71. The van der Waals surface area contributed by atoms with Crippen molar-refractivity contribution in [2.75, 3.05) is 12.0 Å². The standard InChI is InChI=1S/C17H20N4OS2/c1-11-5-6-14-15(9-11)24-17(21(14)7-8-23-4)18-16(22)13-10-12(2)20(3)19-13/h5-6,9-10H,7-8H2,1-4H3. The van der Waals surface area contributed by atoms with E-state index in [1.165, 1.54) is 5.56 Å². The molecule has 7 heteroatoms. The van der Waals surface area contributed by atoms with Gasteiger partial charge in [0.25, 0.3) is 5.91 Å². The molecular formula is C17H20N4OS2. The van der Waals surface area contributed by atoms with Gasteiger partial charge in [0, 0.05) is 25.0 Å². The molecule has 0 atom stereocenters. The lowest BCUT2D eigenvalue weighted by atomic mass is 10.2. The summed E-state index contributed by atoms with van der Waals surface area (Å²) >= 11 is 3.34. The summed E-state index contributed by atoms with van der Waals surface area (Å²) in [6.45, 7) is 4.83. The molecular weight excluding hydrogens is 340 g/mol. The van der Waals surface area contributed by atoms with E-state index in [0.29, 0.717) is 5.69 Å². The highest BCUT2D eigenvalue weighted by molar-refractivity contribution is 7.98. The van der Waals surface area contributed by atoms with E-state index in [1.807, 2.05) is 14.0 Å². The Hall–Kier alpha value is -1.86. The van der Waals surface area contributed by atoms with Crippen LogP contribution in [0.5, 0.6) is 0 Å². The van der Waals surface area contributed by atoms with Crippen LogP contribution in [-0.2, 0) is 13.6 Å². The fourth-order valence-electron chi connectivity index (χ4n) is 2.47. The van der Waals surface area contributed by atoms with Gasteiger partial charge in [-0.15, -0.1) is 0 Å². The van der Waals surface area contributed by atoms with Gasteiger partial charge in [-0.2, -0.15) is 21.9 Å². The molecule has 2 aromatic heterocycles. The third kappa shape index (κ3) is 3.32. The Bertz CT molecular complexity index is 945. The number of amides is 1. The van der Waals surface area contributed by atoms with Crippen LogP contribution in [-0.4, -0.2) is 32.3 Å². The minimum absolute atomic E-state index is 0.292. The van der Waals surface area contributed by atoms with Gasteiger partial charge < -0.3 is 4.57 Å². The summed E-state index contributed by atoms with van der Waals surface area (Å²) in [5, 5.41) is 4.23. The summed E-state index contributed by atoms with van der Waals surface area (Å²) in [4.78, 5) is 17.6. The Morgan fingerprint density at radius 3 is 2.79 bits per heavy atom. The molecule has 5 nitrogen and oxygen atoms in total. The average molecular weight is 361 g/mol. The topological polar surface area (TPSA) is 52.2 Å². The van der Waals surface area contributed by atoms with E-state index in [2.05, 4.69) is 46.0 Å². The van der Waals surface area contributed by atoms with Crippen LogP contribution in [0.1, 0.15) is 21.7 Å². The highest BCUT2D eigenvalue weighted by Crippen LogP contribution is 2.19. The fourth-order valence-corrected chi connectivity index (χ4v) is 3.99. The normalized spacial score (nSPS) is 12.2. The lowest BCUT2D eigenvalue weighted by Gasteiger charge is -2.03. The maximum Gasteiger partial charge on any atom is 0.300 e. The van der Waals surface area contributed by atoms with Crippen molar-refractivity contribution in [3.8, 4) is 0 Å². The largest absolute Gasteiger partial charge is 0.316 e. The Morgan fingerprint density at radius 2 is 2.12 bits per heavy atom. The number of aromatic nitrogens is 3. The third-order valence-corrected chi connectivity index (χ3v) is 5.52. The predicted molar refractivity (Wildman–Crippen MR) is 101 cm³/mol. The predicted octanol–water partition coefficient (Wildman–Crippen LogP) is 3.16. The van der Waals surface area contributed by atoms with Crippen molar-refractivity contribution in [2.45, 2.75) is 20.4 Å². The molecule has 0 unspecified atom stereocenters. The Kier molecular flexibility index (Phi) is 4.91. The summed E-state index contributed by atoms with van der Waals surface area (Å²) in [6, 6.07) is 8.12. The first-order valence-corrected chi connectivity index (χ1v) is 9.89. The molecule has 1 amide bonds. The molecule has 0 aliphatic heterocycles. The van der Waals surface area contributed by atoms with Crippen molar-refractivity contribution in [1.82, 2.24) is 14.3 Å². The highest BCUT2D eigenvalue weighted by atomic mass is 32.2. The number of carbonyl (C=O) groups is 1. The molecule has 2 heterocycles. The van der Waals surface area contributed by atoms with Gasteiger partial charge in [-0.3, -0.25) is 9.48 Å². The van der Waals surface area contributed by atoms with E-state index in [0.717, 1.165) is 33.0 Å². The number of aryl methyl sites for hydroxylation is 4. The van der Waals surface area contributed by atoms with Crippen molar-refractivity contribution in [2.24, 2.45) is 12.0 Å². The number of carbonyl (C=O) groups excluding carboxylic acids is 1. The molecule has 0 aliphatic carbocycles. The van der Waals surface area contributed by atoms with Crippen molar-refractivity contribution in [1.29, 1.82) is 0 Å². The quantitative estimate of drug-likeness (QED) is 0.718. The number of hydrogen-bond donors (Lipinski definition) is 0. The van der Waals surface area contributed by atoms with Gasteiger partial charge in [0.1, 0.15) is 0 Å². The Labute approximate surface area is 149 Å². The van der Waals surface area contributed by atoms with Crippen molar-refractivity contribution in [3.05, 3.63) is 46.0 Å². The van der Waals surface area contributed by atoms with E-state index in [9.17, 15) is 4.79 Å². The van der Waals surface area contributed by atoms with Crippen molar-refractivity contribution >= 4 is 39.2 Å². The lowest BCUT2D eigenvalue weighted by Crippen LogP contribution is -2.18. The number of fused-ring (bicyclic) bond motifs is 1. The first kappa shape index (κ1) is 17.0. The molecule has 1 aromatic carbocycles. The summed E-state index contributed by atoms with van der Waals surface area (Å²) in [7, 11) is 1.83. The molecule has 0 fully saturated rings. The van der Waals surface area contributed by atoms with E-state index in [-0.39, 0.29) is 5.91 Å². The fraction of sp³-hybridized carbons (Fsp3) is 0.353. The first-order chi connectivity index (χ1) is 11.5. The van der Waals surface area contributed by atoms with Gasteiger partial charge >= 0.3 is 0 Å². The third-order valence-electron chi connectivity index (χ3n) is 3.89. The van der Waals surface area contributed by atoms with Crippen LogP contribution in [0.4, 0.5) is 0 Å². The number of thioether (sulfide) groups is 1. The molecule has 3 rings (SSSR count). The molecule has 24 heavy (non-hydrogen) atoms. The molecule has 0 saturated carbocycles. The number of thiazole rings is 1. The van der Waals surface area contributed by atoms with Crippen LogP contribution >= 0.6 is 23.1 Å². The van der Waals surface area contributed by atoms with E-state index in [1.54, 1.807) is 33.8 Å². The maximum absolute atomic E-state index is 12.5. The van der Waals surface area contributed by atoms with Gasteiger partial charge in [-0.1, -0.05) is 17.4 Å². The van der Waals surface area contributed by atoms with Crippen LogP contribution in [0.2, 0.25) is 0 Å². The van der Waals surface area contributed by atoms with E-state index in [4.69, 9.17) is 0 Å². The zero-order valence-corrected chi connectivity index (χ0v) is 15.9. The van der Waals surface area contributed by atoms with E-state index >= 15 is 0 Å². The van der Waals surface area contributed by atoms with Crippen molar-refractivity contribution in [3.63, 3.8) is 0 Å². The zero-order chi connectivity index (χ0) is 17.3. The van der Waals surface area contributed by atoms with Crippen LogP contribution in [0.25, 0.3) is 10.2 Å². The molecule has 0 spiro atoms. The molecule has 0 radical (unpaired) electrons. The van der Waals surface area contributed by atoms with Gasteiger partial charge in [0.05, 0.1) is 10.2 Å². The molecule has 126 valence electrons. The monoisotopic (exact) mass is 360 g/mol. The van der Waals surface area contributed by atoms with Crippen LogP contribution in [0.15, 0.2) is 29.3 Å². The summed E-state index contributed by atoms with van der Waals surface area (Å²) in [5.41, 5.74) is 3.67. The molecule has 0 bridgehead atoms. The Balaban J connectivity index is 2.10. The Morgan fingerprint density at radius 1 is 1.33 bits per heavy atom. The molecule has 0 aliphatic rings. The minimum atomic E-state index is -0.292. The van der Waals surface area contributed by atoms with Crippen LogP contribution in [0, 0.1) is 13.8 Å². The zero-order valence-electron chi connectivity index (χ0n) is 14.2. The number of benzene rings is 1. The highest BCUT2D eigenvalue weighted by Gasteiger charge is 2.12.